The van der Waals surface area contributed by atoms with E-state index in [1.165, 1.54) is 24.9 Å². The van der Waals surface area contributed by atoms with Crippen LogP contribution in [-0.2, 0) is 4.74 Å². The van der Waals surface area contributed by atoms with Gasteiger partial charge in [0.1, 0.15) is 17.1 Å². The quantitative estimate of drug-likeness (QED) is 0.479. The number of benzene rings is 2. The Bertz CT molecular complexity index is 1400. The molecule has 1 heterocycles. The van der Waals surface area contributed by atoms with E-state index in [0.717, 1.165) is 4.47 Å². The van der Waals surface area contributed by atoms with Crippen LogP contribution in [0.15, 0.2) is 46.5 Å². The first-order valence-corrected chi connectivity index (χ1v) is 11.5. The van der Waals surface area contributed by atoms with Gasteiger partial charge in [0, 0.05) is 16.6 Å². The van der Waals surface area contributed by atoms with Crippen LogP contribution < -0.4 is 14.8 Å². The van der Waals surface area contributed by atoms with Gasteiger partial charge in [0.2, 0.25) is 5.95 Å². The van der Waals surface area contributed by atoms with Gasteiger partial charge in [-0.05, 0) is 57.2 Å². The van der Waals surface area contributed by atoms with Crippen molar-refractivity contribution in [2.75, 3.05) is 26.1 Å². The molecule has 0 fully saturated rings. The van der Waals surface area contributed by atoms with Crippen LogP contribution in [0.4, 0.5) is 10.7 Å². The van der Waals surface area contributed by atoms with Crippen LogP contribution in [0.5, 0.6) is 11.5 Å². The average molecular weight is 542 g/mol. The fourth-order valence-corrected chi connectivity index (χ4v) is 4.15. The molecule has 182 valence electrons. The van der Waals surface area contributed by atoms with E-state index in [9.17, 15) is 14.4 Å². The highest BCUT2D eigenvalue weighted by molar-refractivity contribution is 9.10. The second kappa shape index (κ2) is 9.18. The molecule has 3 aromatic rings. The molecular formula is C25H24BrN3O6. The first kappa shape index (κ1) is 24.5. The molecule has 1 aromatic heterocycles. The highest BCUT2D eigenvalue weighted by atomic mass is 79.9. The van der Waals surface area contributed by atoms with Gasteiger partial charge in [0.25, 0.3) is 0 Å². The van der Waals surface area contributed by atoms with E-state index < -0.39 is 11.7 Å². The highest BCUT2D eigenvalue weighted by Crippen LogP contribution is 2.36. The maximum atomic E-state index is 13.3. The zero-order valence-electron chi connectivity index (χ0n) is 19.9. The fourth-order valence-electron chi connectivity index (χ4n) is 3.80. The summed E-state index contributed by atoms with van der Waals surface area (Å²) in [7, 11) is 2.86. The van der Waals surface area contributed by atoms with E-state index in [1.807, 2.05) is 0 Å². The van der Waals surface area contributed by atoms with E-state index in [0.29, 0.717) is 16.8 Å². The Morgan fingerprint density at radius 2 is 1.71 bits per heavy atom. The summed E-state index contributed by atoms with van der Waals surface area (Å²) in [5.41, 5.74) is 0.838. The molecule has 4 rings (SSSR count). The normalized spacial score (nSPS) is 13.4. The van der Waals surface area contributed by atoms with E-state index in [1.54, 1.807) is 51.1 Å². The molecule has 10 heteroatoms. The zero-order valence-corrected chi connectivity index (χ0v) is 21.5. The monoisotopic (exact) mass is 541 g/mol. The predicted molar refractivity (Wildman–Crippen MR) is 134 cm³/mol. The standard InChI is InChI=1S/C25H24BrN3O6/c1-25(2,3)35-24(32)29-16-7-6-14(26)11-15(16)28-23(29)27-12-13-10-17(30)20-18(33-4)8-9-19(34-5)21(20)22(13)31/h6-11H,12H2,1-5H3,(H,27,28). The third-order valence-corrected chi connectivity index (χ3v) is 5.76. The minimum absolute atomic E-state index is 0.0579. The molecule has 0 amide bonds. The Hall–Kier alpha value is -3.66. The molecule has 0 spiro atoms. The maximum absolute atomic E-state index is 13.3. The highest BCUT2D eigenvalue weighted by Gasteiger charge is 2.32. The van der Waals surface area contributed by atoms with Crippen molar-refractivity contribution in [3.63, 3.8) is 0 Å². The van der Waals surface area contributed by atoms with Crippen molar-refractivity contribution in [2.24, 2.45) is 0 Å². The summed E-state index contributed by atoms with van der Waals surface area (Å²) in [5, 5.41) is 3.03. The van der Waals surface area contributed by atoms with Gasteiger partial charge in [-0.1, -0.05) is 15.9 Å². The van der Waals surface area contributed by atoms with Gasteiger partial charge in [0.05, 0.1) is 36.4 Å². The molecule has 0 radical (unpaired) electrons. The second-order valence-corrected chi connectivity index (χ2v) is 9.74. The lowest BCUT2D eigenvalue weighted by atomic mass is 9.88. The van der Waals surface area contributed by atoms with Crippen molar-refractivity contribution in [3.05, 3.63) is 57.6 Å². The average Bonchev–Trinajstić information content (AvgIpc) is 3.15. The first-order chi connectivity index (χ1) is 16.5. The predicted octanol–water partition coefficient (Wildman–Crippen LogP) is 5.02. The van der Waals surface area contributed by atoms with Gasteiger partial charge in [0.15, 0.2) is 11.6 Å². The number of methoxy groups -OCH3 is 2. The first-order valence-electron chi connectivity index (χ1n) is 10.7. The van der Waals surface area contributed by atoms with E-state index >= 15 is 0 Å². The Morgan fingerprint density at radius 3 is 2.34 bits per heavy atom. The van der Waals surface area contributed by atoms with Gasteiger partial charge in [-0.25, -0.2) is 14.3 Å². The third-order valence-electron chi connectivity index (χ3n) is 5.27. The number of hydrogen-bond acceptors (Lipinski definition) is 8. The number of halogens is 1. The summed E-state index contributed by atoms with van der Waals surface area (Å²) >= 11 is 3.41. The van der Waals surface area contributed by atoms with E-state index in [-0.39, 0.29) is 46.5 Å². The summed E-state index contributed by atoms with van der Waals surface area (Å²) in [6.07, 6.45) is 0.637. The number of hydrogen-bond donors (Lipinski definition) is 1. The summed E-state index contributed by atoms with van der Waals surface area (Å²) in [5.74, 6) is -0.0190. The number of ketones is 2. The molecular weight excluding hydrogens is 518 g/mol. The molecule has 0 bridgehead atoms. The largest absolute Gasteiger partial charge is 0.496 e. The number of carbonyl (C=O) groups excluding carboxylic acids is 3. The molecule has 0 saturated carbocycles. The lowest BCUT2D eigenvalue weighted by Gasteiger charge is -2.21. The van der Waals surface area contributed by atoms with Crippen molar-refractivity contribution >= 4 is 50.6 Å². The van der Waals surface area contributed by atoms with E-state index in [4.69, 9.17) is 14.2 Å². The van der Waals surface area contributed by atoms with Gasteiger partial charge in [-0.3, -0.25) is 9.59 Å². The molecule has 1 N–H and O–H groups in total. The van der Waals surface area contributed by atoms with Crippen molar-refractivity contribution in [2.45, 2.75) is 26.4 Å². The number of imidazole rings is 1. The minimum Gasteiger partial charge on any atom is -0.496 e. The molecule has 9 nitrogen and oxygen atoms in total. The van der Waals surface area contributed by atoms with Crippen LogP contribution in [0, 0.1) is 0 Å². The third kappa shape index (κ3) is 4.66. The lowest BCUT2D eigenvalue weighted by Crippen LogP contribution is -2.29. The van der Waals surface area contributed by atoms with Crippen molar-refractivity contribution in [1.29, 1.82) is 0 Å². The number of Topliss-reactive ketones (excluding diaryl/α,β-unsaturated/α-hetero) is 1. The number of fused-ring (bicyclic) bond motifs is 2. The Balaban J connectivity index is 1.70. The summed E-state index contributed by atoms with van der Waals surface area (Å²) < 4.78 is 18.3. The van der Waals surface area contributed by atoms with E-state index in [2.05, 4.69) is 26.2 Å². The van der Waals surface area contributed by atoms with Crippen LogP contribution >= 0.6 is 15.9 Å². The number of allylic oxidation sites excluding steroid dienone is 1. The molecule has 35 heavy (non-hydrogen) atoms. The Morgan fingerprint density at radius 1 is 1.06 bits per heavy atom. The molecule has 1 aliphatic carbocycles. The van der Waals surface area contributed by atoms with Crippen molar-refractivity contribution in [3.8, 4) is 11.5 Å². The van der Waals surface area contributed by atoms with Gasteiger partial charge < -0.3 is 19.5 Å². The van der Waals surface area contributed by atoms with Crippen LogP contribution in [-0.4, -0.2) is 53.6 Å². The van der Waals surface area contributed by atoms with Crippen LogP contribution in [0.3, 0.4) is 0 Å². The van der Waals surface area contributed by atoms with Crippen LogP contribution in [0.2, 0.25) is 0 Å². The van der Waals surface area contributed by atoms with Crippen LogP contribution in [0.1, 0.15) is 41.5 Å². The summed E-state index contributed by atoms with van der Waals surface area (Å²) in [6, 6.07) is 8.46. The molecule has 0 aliphatic heterocycles. The number of carbonyl (C=O) groups is 3. The zero-order chi connectivity index (χ0) is 25.5. The van der Waals surface area contributed by atoms with Gasteiger partial charge >= 0.3 is 6.09 Å². The van der Waals surface area contributed by atoms with Crippen molar-refractivity contribution in [1.82, 2.24) is 9.55 Å². The smallest absolute Gasteiger partial charge is 0.421 e. The number of nitrogens with one attached hydrogen (secondary N) is 1. The molecule has 1 aliphatic rings. The summed E-state index contributed by atoms with van der Waals surface area (Å²) in [4.78, 5) is 43.8. The number of aromatic nitrogens is 2. The molecule has 0 saturated heterocycles. The SMILES string of the molecule is COc1ccc(OC)c2c1C(=O)C=C(CNc1nc3cc(Br)ccc3n1C(=O)OC(C)(C)C)C2=O. The molecule has 0 atom stereocenters. The molecule has 0 unspecified atom stereocenters. The lowest BCUT2D eigenvalue weighted by molar-refractivity contribution is 0.0547. The number of anilines is 1. The van der Waals surface area contributed by atoms with Gasteiger partial charge in [-0.2, -0.15) is 0 Å². The fraction of sp³-hybridized carbons (Fsp3) is 0.280. The number of ether oxygens (including phenoxy) is 3. The topological polar surface area (TPSA) is 109 Å². The van der Waals surface area contributed by atoms with Crippen molar-refractivity contribution < 1.29 is 28.6 Å². The number of rotatable bonds is 5. The van der Waals surface area contributed by atoms with Gasteiger partial charge in [-0.15, -0.1) is 0 Å². The summed E-state index contributed by atoms with van der Waals surface area (Å²) in [6.45, 7) is 5.25. The molecule has 2 aromatic carbocycles. The Kier molecular flexibility index (Phi) is 6.42. The Labute approximate surface area is 210 Å². The second-order valence-electron chi connectivity index (χ2n) is 8.82. The number of nitrogens with zero attached hydrogens (tertiary/aromatic N) is 2. The minimum atomic E-state index is -0.728. The van der Waals surface area contributed by atoms with Crippen LogP contribution in [0.25, 0.3) is 11.0 Å². The maximum Gasteiger partial charge on any atom is 0.421 e.